The molecule has 2 aromatic rings. The normalized spacial score (nSPS) is 10.5. The summed E-state index contributed by atoms with van der Waals surface area (Å²) in [5, 5.41) is 6.45. The van der Waals surface area contributed by atoms with Crippen LogP contribution >= 0.6 is 34.2 Å². The van der Waals surface area contributed by atoms with Gasteiger partial charge in [-0.25, -0.2) is 2.90 Å². The van der Waals surface area contributed by atoms with Crippen molar-refractivity contribution >= 4 is 34.2 Å². The second-order valence-electron chi connectivity index (χ2n) is 2.58. The molecule has 62 valence electrons. The number of hydrogen-bond donors (Lipinski definition) is 0. The maximum atomic E-state index is 4.31. The highest BCUT2D eigenvalue weighted by atomic mass is 127. The van der Waals surface area contributed by atoms with Gasteiger partial charge < -0.3 is 0 Å². The molecule has 2 heterocycles. The minimum atomic E-state index is 1.06. The molecule has 0 aliphatic heterocycles. The maximum absolute atomic E-state index is 4.31. The third-order valence-electron chi connectivity index (χ3n) is 1.54. The van der Waals surface area contributed by atoms with Crippen molar-refractivity contribution in [2.24, 2.45) is 0 Å². The van der Waals surface area contributed by atoms with Crippen LogP contribution in [0.25, 0.3) is 10.6 Å². The highest BCUT2D eigenvalue weighted by Gasteiger charge is 2.02. The number of aryl methyl sites for hydroxylation is 1. The van der Waals surface area contributed by atoms with Crippen LogP contribution in [0.3, 0.4) is 0 Å². The minimum absolute atomic E-state index is 1.06. The highest BCUT2D eigenvalue weighted by molar-refractivity contribution is 14.1. The van der Waals surface area contributed by atoms with Crippen molar-refractivity contribution in [3.63, 3.8) is 0 Å². The first-order chi connectivity index (χ1) is 5.75. The second-order valence-corrected chi connectivity index (χ2v) is 4.48. The van der Waals surface area contributed by atoms with Crippen molar-refractivity contribution < 1.29 is 0 Å². The van der Waals surface area contributed by atoms with Gasteiger partial charge in [-0.1, -0.05) is 0 Å². The summed E-state index contributed by atoms with van der Waals surface area (Å²) in [4.78, 5) is 1.24. The van der Waals surface area contributed by atoms with Crippen LogP contribution in [-0.2, 0) is 0 Å². The van der Waals surface area contributed by atoms with Crippen molar-refractivity contribution in [1.82, 2.24) is 7.99 Å². The zero-order valence-electron chi connectivity index (χ0n) is 6.49. The van der Waals surface area contributed by atoms with E-state index in [1.807, 2.05) is 12.3 Å². The molecule has 0 aliphatic rings. The Morgan fingerprint density at radius 3 is 2.92 bits per heavy atom. The number of aromatic nitrogens is 2. The predicted octanol–water partition coefficient (Wildman–Crippen LogP) is 3.12. The van der Waals surface area contributed by atoms with Crippen LogP contribution in [0.1, 0.15) is 5.56 Å². The molecule has 0 amide bonds. The fourth-order valence-electron chi connectivity index (χ4n) is 0.999. The van der Waals surface area contributed by atoms with E-state index in [2.05, 4.69) is 46.3 Å². The molecule has 2 aromatic heterocycles. The number of thiophene rings is 1. The Kier molecular flexibility index (Phi) is 2.18. The fourth-order valence-corrected chi connectivity index (χ4v) is 2.26. The minimum Gasteiger partial charge on any atom is -0.211 e. The van der Waals surface area contributed by atoms with Gasteiger partial charge in [0, 0.05) is 6.20 Å². The molecule has 0 N–H and O–H groups in total. The number of hydrogen-bond acceptors (Lipinski definition) is 2. The Labute approximate surface area is 88.7 Å². The van der Waals surface area contributed by atoms with E-state index in [1.165, 1.54) is 10.4 Å². The van der Waals surface area contributed by atoms with Crippen LogP contribution in [0.4, 0.5) is 0 Å². The molecule has 0 atom stereocenters. The van der Waals surface area contributed by atoms with E-state index in [9.17, 15) is 0 Å². The van der Waals surface area contributed by atoms with Crippen molar-refractivity contribution in [3.05, 3.63) is 29.3 Å². The second kappa shape index (κ2) is 3.18. The van der Waals surface area contributed by atoms with Crippen LogP contribution in [0.5, 0.6) is 0 Å². The lowest BCUT2D eigenvalue weighted by atomic mass is 10.3. The lowest BCUT2D eigenvalue weighted by Gasteiger charge is -1.86. The van der Waals surface area contributed by atoms with E-state index in [0.29, 0.717) is 0 Å². The maximum Gasteiger partial charge on any atom is 0.103 e. The molecule has 0 spiro atoms. The first-order valence-electron chi connectivity index (χ1n) is 3.53. The molecule has 0 aliphatic carbocycles. The number of rotatable bonds is 1. The lowest BCUT2D eigenvalue weighted by Crippen LogP contribution is -1.77. The number of halogens is 1. The molecule has 0 fully saturated rings. The summed E-state index contributed by atoms with van der Waals surface area (Å²) in [6.45, 7) is 2.10. The molecule has 2 rings (SSSR count). The van der Waals surface area contributed by atoms with Gasteiger partial charge in [-0.05, 0) is 30.0 Å². The summed E-state index contributed by atoms with van der Waals surface area (Å²) < 4.78 is 1.79. The van der Waals surface area contributed by atoms with Gasteiger partial charge >= 0.3 is 0 Å². The van der Waals surface area contributed by atoms with Crippen LogP contribution in [0.15, 0.2) is 23.7 Å². The zero-order valence-corrected chi connectivity index (χ0v) is 9.46. The topological polar surface area (TPSA) is 17.8 Å². The van der Waals surface area contributed by atoms with E-state index < -0.39 is 0 Å². The van der Waals surface area contributed by atoms with Crippen molar-refractivity contribution in [2.75, 3.05) is 0 Å². The summed E-state index contributed by atoms with van der Waals surface area (Å²) in [6, 6.07) is 4.18. The Hall–Kier alpha value is -0.360. The Morgan fingerprint density at radius 2 is 2.42 bits per heavy atom. The third kappa shape index (κ3) is 1.54. The van der Waals surface area contributed by atoms with Gasteiger partial charge in [0.15, 0.2) is 0 Å². The quantitative estimate of drug-likeness (QED) is 0.738. The molecule has 0 bridgehead atoms. The van der Waals surface area contributed by atoms with Gasteiger partial charge in [-0.3, -0.25) is 0 Å². The van der Waals surface area contributed by atoms with Gasteiger partial charge in [-0.15, -0.1) is 11.3 Å². The van der Waals surface area contributed by atoms with E-state index in [1.54, 1.807) is 14.2 Å². The Morgan fingerprint density at radius 1 is 1.58 bits per heavy atom. The Balaban J connectivity index is 2.43. The predicted molar refractivity (Wildman–Crippen MR) is 59.7 cm³/mol. The first-order valence-corrected chi connectivity index (χ1v) is 5.37. The van der Waals surface area contributed by atoms with E-state index in [-0.39, 0.29) is 0 Å². The first kappa shape index (κ1) is 8.25. The molecular weight excluding hydrogens is 283 g/mol. The van der Waals surface area contributed by atoms with Crippen LogP contribution in [-0.4, -0.2) is 7.99 Å². The van der Waals surface area contributed by atoms with E-state index in [0.717, 1.165) is 5.69 Å². The van der Waals surface area contributed by atoms with Crippen molar-refractivity contribution in [3.8, 4) is 10.6 Å². The van der Waals surface area contributed by atoms with E-state index in [4.69, 9.17) is 0 Å². The van der Waals surface area contributed by atoms with Gasteiger partial charge in [0.1, 0.15) is 5.69 Å². The SMILES string of the molecule is Cc1csc(-c2ccn(I)n2)c1. The van der Waals surface area contributed by atoms with E-state index >= 15 is 0 Å². The van der Waals surface area contributed by atoms with Gasteiger partial charge in [0.05, 0.1) is 27.7 Å². The smallest absolute Gasteiger partial charge is 0.103 e. The monoisotopic (exact) mass is 290 g/mol. The van der Waals surface area contributed by atoms with Gasteiger partial charge in [0.2, 0.25) is 0 Å². The summed E-state index contributed by atoms with van der Waals surface area (Å²) in [6.07, 6.45) is 1.95. The zero-order chi connectivity index (χ0) is 8.55. The van der Waals surface area contributed by atoms with Crippen LogP contribution in [0, 0.1) is 6.92 Å². The lowest BCUT2D eigenvalue weighted by molar-refractivity contribution is 1.06. The molecule has 2 nitrogen and oxygen atoms in total. The Bertz CT molecular complexity index is 353. The average Bonchev–Trinajstić information content (AvgIpc) is 2.58. The molecule has 0 aromatic carbocycles. The largest absolute Gasteiger partial charge is 0.211 e. The number of nitrogens with zero attached hydrogens (tertiary/aromatic N) is 2. The molecular formula is C8H7IN2S. The van der Waals surface area contributed by atoms with Crippen molar-refractivity contribution in [2.45, 2.75) is 6.92 Å². The molecule has 0 saturated carbocycles. The van der Waals surface area contributed by atoms with Crippen LogP contribution < -0.4 is 0 Å². The summed E-state index contributed by atoms with van der Waals surface area (Å²) in [5.74, 6) is 0. The molecule has 12 heavy (non-hydrogen) atoms. The standard InChI is InChI=1S/C8H7IN2S/c1-6-4-8(12-5-6)7-2-3-11(9)10-7/h2-5H,1H3. The van der Waals surface area contributed by atoms with Gasteiger partial charge in [0.25, 0.3) is 0 Å². The molecule has 0 unspecified atom stereocenters. The summed E-state index contributed by atoms with van der Waals surface area (Å²) in [7, 11) is 0. The molecule has 0 radical (unpaired) electrons. The fraction of sp³-hybridized carbons (Fsp3) is 0.125. The van der Waals surface area contributed by atoms with Crippen LogP contribution in [0.2, 0.25) is 0 Å². The molecule has 4 heteroatoms. The summed E-state index contributed by atoms with van der Waals surface area (Å²) in [5.41, 5.74) is 2.36. The third-order valence-corrected chi connectivity index (χ3v) is 3.15. The molecule has 0 saturated heterocycles. The summed E-state index contributed by atoms with van der Waals surface area (Å²) >= 11 is 3.88. The van der Waals surface area contributed by atoms with Crippen molar-refractivity contribution in [1.29, 1.82) is 0 Å². The highest BCUT2D eigenvalue weighted by Crippen LogP contribution is 2.25. The average molecular weight is 290 g/mol. The van der Waals surface area contributed by atoms with Gasteiger partial charge in [-0.2, -0.15) is 5.10 Å².